The van der Waals surface area contributed by atoms with Crippen molar-refractivity contribution in [3.8, 4) is 11.1 Å². The molecule has 6 nitrogen and oxygen atoms in total. The molecule has 2 amide bonds. The first-order chi connectivity index (χ1) is 15.5. The number of pyridine rings is 1. The Balaban J connectivity index is 1.48. The molecular weight excluding hydrogens is 402 g/mol. The van der Waals surface area contributed by atoms with Crippen LogP contribution in [0.1, 0.15) is 45.1 Å². The monoisotopic (exact) mass is 435 g/mol. The minimum Gasteiger partial charge on any atom is -0.368 e. The van der Waals surface area contributed by atoms with Crippen molar-refractivity contribution in [2.45, 2.75) is 58.1 Å². The topological polar surface area (TPSA) is 71.5 Å². The summed E-state index contributed by atoms with van der Waals surface area (Å²) in [7, 11) is 0. The maximum atomic E-state index is 13.3. The minimum atomic E-state index is -0.504. The molecule has 0 radical (unpaired) electrons. The van der Waals surface area contributed by atoms with Crippen LogP contribution in [0.4, 0.5) is 0 Å². The van der Waals surface area contributed by atoms with E-state index in [4.69, 9.17) is 4.74 Å². The molecule has 0 saturated carbocycles. The summed E-state index contributed by atoms with van der Waals surface area (Å²) in [6.45, 7) is 5.84. The number of amides is 2. The normalized spacial score (nSPS) is 20.3. The zero-order valence-corrected chi connectivity index (χ0v) is 19.0. The number of nitrogens with one attached hydrogen (secondary N) is 1. The third-order valence-electron chi connectivity index (χ3n) is 6.65. The summed E-state index contributed by atoms with van der Waals surface area (Å²) in [5.74, 6) is 0.178. The number of benzene rings is 1. The summed E-state index contributed by atoms with van der Waals surface area (Å²) in [5, 5.41) is 3.14. The van der Waals surface area contributed by atoms with E-state index in [1.54, 1.807) is 12.4 Å². The zero-order valence-electron chi connectivity index (χ0n) is 19.0. The lowest BCUT2D eigenvalue weighted by atomic mass is 9.72. The molecule has 1 N–H and O–H groups in total. The van der Waals surface area contributed by atoms with Crippen LogP contribution in [0.15, 0.2) is 48.8 Å². The van der Waals surface area contributed by atoms with Crippen LogP contribution >= 0.6 is 0 Å². The van der Waals surface area contributed by atoms with Crippen molar-refractivity contribution in [2.24, 2.45) is 5.41 Å². The van der Waals surface area contributed by atoms with Crippen molar-refractivity contribution in [3.63, 3.8) is 0 Å². The van der Waals surface area contributed by atoms with E-state index in [2.05, 4.69) is 34.6 Å². The Labute approximate surface area is 190 Å². The number of hydrogen-bond acceptors (Lipinski definition) is 4. The van der Waals surface area contributed by atoms with E-state index < -0.39 is 5.41 Å². The van der Waals surface area contributed by atoms with E-state index in [1.165, 1.54) is 0 Å². The van der Waals surface area contributed by atoms with Gasteiger partial charge in [-0.3, -0.25) is 14.6 Å². The largest absolute Gasteiger partial charge is 0.368 e. The second-order valence-corrected chi connectivity index (χ2v) is 9.35. The second kappa shape index (κ2) is 9.82. The first kappa shape index (κ1) is 22.5. The quantitative estimate of drug-likeness (QED) is 0.753. The number of carbonyl (C=O) groups excluding carboxylic acids is 2. The molecule has 3 heterocycles. The molecule has 2 saturated heterocycles. The molecule has 1 atom stereocenters. The average Bonchev–Trinajstić information content (AvgIpc) is 3.35. The molecule has 4 rings (SSSR count). The van der Waals surface area contributed by atoms with E-state index in [1.807, 2.05) is 30.9 Å². The van der Waals surface area contributed by atoms with Gasteiger partial charge in [0.15, 0.2) is 0 Å². The highest BCUT2D eigenvalue weighted by Gasteiger charge is 2.43. The zero-order chi connectivity index (χ0) is 22.6. The van der Waals surface area contributed by atoms with E-state index in [0.29, 0.717) is 39.0 Å². The molecule has 2 aliphatic rings. The lowest BCUT2D eigenvalue weighted by Gasteiger charge is -2.41. The number of aromatic nitrogens is 1. The number of hydrogen-bond donors (Lipinski definition) is 1. The molecule has 170 valence electrons. The van der Waals surface area contributed by atoms with E-state index in [0.717, 1.165) is 29.5 Å². The Morgan fingerprint density at radius 1 is 1.09 bits per heavy atom. The Hall–Kier alpha value is -2.73. The smallest absolute Gasteiger partial charge is 0.251 e. The van der Waals surface area contributed by atoms with Gasteiger partial charge in [-0.05, 0) is 74.8 Å². The van der Waals surface area contributed by atoms with Crippen LogP contribution in [0.3, 0.4) is 0 Å². The summed E-state index contributed by atoms with van der Waals surface area (Å²) in [6.07, 6.45) is 7.03. The van der Waals surface area contributed by atoms with Crippen LogP contribution < -0.4 is 5.32 Å². The number of ether oxygens (including phenoxy) is 1. The summed E-state index contributed by atoms with van der Waals surface area (Å²) in [5.41, 5.74) is 2.89. The van der Waals surface area contributed by atoms with Crippen LogP contribution in [0, 0.1) is 5.41 Å². The highest BCUT2D eigenvalue weighted by atomic mass is 16.5. The van der Waals surface area contributed by atoms with E-state index >= 15 is 0 Å². The molecule has 2 fully saturated rings. The third kappa shape index (κ3) is 5.01. The summed E-state index contributed by atoms with van der Waals surface area (Å²) in [6, 6.07) is 12.5. The number of piperidine rings is 1. The Morgan fingerprint density at radius 3 is 2.34 bits per heavy atom. The number of nitrogens with zero attached hydrogens (tertiary/aromatic N) is 2. The Bertz CT molecular complexity index is 913. The molecule has 6 heteroatoms. The molecule has 1 aromatic carbocycles. The van der Waals surface area contributed by atoms with E-state index in [-0.39, 0.29) is 24.0 Å². The predicted molar refractivity (Wildman–Crippen MR) is 124 cm³/mol. The first-order valence-corrected chi connectivity index (χ1v) is 11.7. The molecule has 0 aliphatic carbocycles. The Kier molecular flexibility index (Phi) is 6.89. The third-order valence-corrected chi connectivity index (χ3v) is 6.65. The lowest BCUT2D eigenvalue weighted by molar-refractivity contribution is -0.147. The van der Waals surface area contributed by atoms with Crippen LogP contribution in [-0.4, -0.2) is 53.5 Å². The Morgan fingerprint density at radius 2 is 1.75 bits per heavy atom. The van der Waals surface area contributed by atoms with Gasteiger partial charge in [0.2, 0.25) is 5.91 Å². The van der Waals surface area contributed by atoms with Gasteiger partial charge in [-0.25, -0.2) is 0 Å². The van der Waals surface area contributed by atoms with Crippen molar-refractivity contribution in [3.05, 3.63) is 54.4 Å². The van der Waals surface area contributed by atoms with Crippen molar-refractivity contribution < 1.29 is 14.3 Å². The lowest BCUT2D eigenvalue weighted by Crippen LogP contribution is -2.53. The standard InChI is InChI=1S/C26H33N3O3/c1-19(2)28-25(31)26(11-15-29(16-12-26)24(30)23-4-3-17-32-23)18-20-5-7-21(8-6-20)22-9-13-27-14-10-22/h5-10,13-14,19,23H,3-4,11-12,15-18H2,1-2H3,(H,28,31)/t23-/m0/s1. The number of carbonyl (C=O) groups is 2. The van der Waals surface area contributed by atoms with Gasteiger partial charge in [-0.15, -0.1) is 0 Å². The fourth-order valence-electron chi connectivity index (χ4n) is 4.78. The van der Waals surface area contributed by atoms with Crippen LogP contribution in [0.2, 0.25) is 0 Å². The maximum Gasteiger partial charge on any atom is 0.251 e. The second-order valence-electron chi connectivity index (χ2n) is 9.35. The summed E-state index contributed by atoms with van der Waals surface area (Å²) < 4.78 is 5.59. The minimum absolute atomic E-state index is 0.0833. The van der Waals surface area contributed by atoms with Gasteiger partial charge < -0.3 is 15.0 Å². The van der Waals surface area contributed by atoms with Gasteiger partial charge in [-0.1, -0.05) is 24.3 Å². The molecular formula is C26H33N3O3. The first-order valence-electron chi connectivity index (χ1n) is 11.7. The van der Waals surface area contributed by atoms with Gasteiger partial charge in [-0.2, -0.15) is 0 Å². The number of likely N-dealkylation sites (tertiary alicyclic amines) is 1. The highest BCUT2D eigenvalue weighted by Crippen LogP contribution is 2.37. The molecule has 2 aliphatic heterocycles. The van der Waals surface area contributed by atoms with Crippen molar-refractivity contribution >= 4 is 11.8 Å². The molecule has 0 bridgehead atoms. The van der Waals surface area contributed by atoms with Gasteiger partial charge in [0.25, 0.3) is 5.91 Å². The van der Waals surface area contributed by atoms with Crippen LogP contribution in [0.5, 0.6) is 0 Å². The SMILES string of the molecule is CC(C)NC(=O)C1(Cc2ccc(-c3ccncc3)cc2)CCN(C(=O)[C@@H]2CCCO2)CC1. The fraction of sp³-hybridized carbons (Fsp3) is 0.500. The van der Waals surface area contributed by atoms with Crippen molar-refractivity contribution in [1.82, 2.24) is 15.2 Å². The molecule has 1 aromatic heterocycles. The average molecular weight is 436 g/mol. The number of rotatable bonds is 6. The van der Waals surface area contributed by atoms with E-state index in [9.17, 15) is 9.59 Å². The van der Waals surface area contributed by atoms with Crippen molar-refractivity contribution in [2.75, 3.05) is 19.7 Å². The summed E-state index contributed by atoms with van der Waals surface area (Å²) >= 11 is 0. The fourth-order valence-corrected chi connectivity index (χ4v) is 4.78. The summed E-state index contributed by atoms with van der Waals surface area (Å²) in [4.78, 5) is 32.1. The van der Waals surface area contributed by atoms with Crippen LogP contribution in [-0.2, 0) is 20.7 Å². The van der Waals surface area contributed by atoms with Crippen LogP contribution in [0.25, 0.3) is 11.1 Å². The molecule has 0 spiro atoms. The van der Waals surface area contributed by atoms with Gasteiger partial charge >= 0.3 is 0 Å². The molecule has 32 heavy (non-hydrogen) atoms. The van der Waals surface area contributed by atoms with Gasteiger partial charge in [0, 0.05) is 38.1 Å². The van der Waals surface area contributed by atoms with Gasteiger partial charge in [0.05, 0.1) is 5.41 Å². The van der Waals surface area contributed by atoms with Gasteiger partial charge in [0.1, 0.15) is 6.10 Å². The predicted octanol–water partition coefficient (Wildman–Crippen LogP) is 3.60. The maximum absolute atomic E-state index is 13.3. The molecule has 2 aromatic rings. The van der Waals surface area contributed by atoms with Crippen molar-refractivity contribution in [1.29, 1.82) is 0 Å². The highest BCUT2D eigenvalue weighted by molar-refractivity contribution is 5.85. The molecule has 0 unspecified atom stereocenters.